The number of benzene rings is 2. The van der Waals surface area contributed by atoms with Crippen molar-refractivity contribution in [3.63, 3.8) is 0 Å². The van der Waals surface area contributed by atoms with Gasteiger partial charge in [0.25, 0.3) is 0 Å². The molecule has 0 fully saturated rings. The lowest BCUT2D eigenvalue weighted by molar-refractivity contribution is -0.117. The van der Waals surface area contributed by atoms with Gasteiger partial charge < -0.3 is 0 Å². The number of hydrogen-bond donors (Lipinski definition) is 0. The van der Waals surface area contributed by atoms with E-state index in [4.69, 9.17) is 0 Å². The molecule has 0 N–H and O–H groups in total. The van der Waals surface area contributed by atoms with E-state index in [1.54, 1.807) is 27.7 Å². The molecular weight excluding hydrogens is 448 g/mol. The fourth-order valence-electron chi connectivity index (χ4n) is 3.77. The summed E-state index contributed by atoms with van der Waals surface area (Å²) in [6, 6.07) is 19.5. The summed E-state index contributed by atoms with van der Waals surface area (Å²) < 4.78 is 0. The first-order valence-electron chi connectivity index (χ1n) is 11.6. The molecule has 0 atom stereocenters. The van der Waals surface area contributed by atoms with Gasteiger partial charge >= 0.3 is 0 Å². The highest BCUT2D eigenvalue weighted by Crippen LogP contribution is 2.22. The Morgan fingerprint density at radius 2 is 0.889 bits per heavy atom. The van der Waals surface area contributed by atoms with Crippen molar-refractivity contribution in [2.75, 3.05) is 0 Å². The number of Topliss-reactive ketones (excluding diaryl/α,β-unsaturated/α-hetero) is 2. The van der Waals surface area contributed by atoms with Crippen molar-refractivity contribution in [2.45, 2.75) is 27.7 Å². The molecule has 2 aromatic rings. The summed E-state index contributed by atoms with van der Waals surface area (Å²) in [4.78, 5) is 46.9. The van der Waals surface area contributed by atoms with Crippen LogP contribution in [0.3, 0.4) is 0 Å². The summed E-state index contributed by atoms with van der Waals surface area (Å²) in [5, 5.41) is 0. The molecule has 0 saturated carbocycles. The number of allylic oxidation sites excluding steroid dienone is 10. The third-order valence-electron chi connectivity index (χ3n) is 5.80. The summed E-state index contributed by atoms with van der Waals surface area (Å²) in [5.74, 6) is -0.689. The molecule has 2 aliphatic rings. The molecule has 0 aliphatic heterocycles. The van der Waals surface area contributed by atoms with Crippen molar-refractivity contribution < 1.29 is 19.2 Å². The second-order valence-corrected chi connectivity index (χ2v) is 8.65. The molecule has 180 valence electrons. The first-order valence-corrected chi connectivity index (χ1v) is 11.6. The molecule has 4 nitrogen and oxygen atoms in total. The Morgan fingerprint density at radius 1 is 0.556 bits per heavy atom. The van der Waals surface area contributed by atoms with Gasteiger partial charge in [-0.15, -0.1) is 0 Å². The first-order chi connectivity index (χ1) is 17.2. The fraction of sp³-hybridized carbons (Fsp3) is 0.125. The minimum absolute atomic E-state index is 0.157. The Hall–Kier alpha value is -4.44. The number of carbonyl (C=O) groups is 4. The molecule has 0 amide bonds. The second-order valence-electron chi connectivity index (χ2n) is 8.65. The third-order valence-corrected chi connectivity index (χ3v) is 5.80. The number of hydrogen-bond acceptors (Lipinski definition) is 4. The molecule has 4 rings (SSSR count). The smallest absolute Gasteiger partial charge is 0.193 e. The van der Waals surface area contributed by atoms with E-state index in [0.717, 1.165) is 11.1 Å². The van der Waals surface area contributed by atoms with Crippen molar-refractivity contribution in [2.24, 2.45) is 0 Å². The van der Waals surface area contributed by atoms with Gasteiger partial charge in [0.05, 0.1) is 11.1 Å². The van der Waals surface area contributed by atoms with Crippen LogP contribution in [0.2, 0.25) is 0 Å². The van der Waals surface area contributed by atoms with Gasteiger partial charge in [-0.1, -0.05) is 85.0 Å². The topological polar surface area (TPSA) is 68.3 Å². The predicted octanol–water partition coefficient (Wildman–Crippen LogP) is 6.23. The Morgan fingerprint density at radius 3 is 1.17 bits per heavy atom. The van der Waals surface area contributed by atoms with Crippen LogP contribution >= 0.6 is 0 Å². The molecule has 2 aromatic carbocycles. The van der Waals surface area contributed by atoms with Crippen molar-refractivity contribution in [1.29, 1.82) is 0 Å². The summed E-state index contributed by atoms with van der Waals surface area (Å²) >= 11 is 0. The normalized spacial score (nSPS) is 18.4. The molecule has 0 spiro atoms. The van der Waals surface area contributed by atoms with E-state index in [2.05, 4.69) is 0 Å². The number of rotatable bonds is 4. The maximum absolute atomic E-state index is 11.8. The zero-order valence-corrected chi connectivity index (χ0v) is 20.9. The second kappa shape index (κ2) is 11.8. The van der Waals surface area contributed by atoms with Gasteiger partial charge in [-0.3, -0.25) is 19.2 Å². The zero-order valence-electron chi connectivity index (χ0n) is 20.9. The van der Waals surface area contributed by atoms with Crippen LogP contribution in [0.25, 0.3) is 12.2 Å². The Labute approximate surface area is 211 Å². The van der Waals surface area contributed by atoms with E-state index in [-0.39, 0.29) is 23.1 Å². The van der Waals surface area contributed by atoms with E-state index >= 15 is 0 Å². The van der Waals surface area contributed by atoms with E-state index < -0.39 is 0 Å². The molecule has 0 aromatic heterocycles. The molecule has 0 unspecified atom stereocenters. The molecule has 0 radical (unpaired) electrons. The lowest BCUT2D eigenvalue weighted by Gasteiger charge is -1.99. The molecule has 0 bridgehead atoms. The number of carbonyl (C=O) groups excluding carboxylic acids is 4. The maximum atomic E-state index is 11.8. The van der Waals surface area contributed by atoms with Gasteiger partial charge in [0.1, 0.15) is 0 Å². The zero-order chi connectivity index (χ0) is 26.2. The SMILES string of the molecule is CC1=CC(=O)/C(=C(C)/C=C/c2ccccc2)C1=O.CC1=CC(=O)/C(=C(C)\C=C\c2ccccc2)C1=O. The van der Waals surface area contributed by atoms with Crippen LogP contribution in [0.1, 0.15) is 38.8 Å². The van der Waals surface area contributed by atoms with Crippen LogP contribution in [0.4, 0.5) is 0 Å². The van der Waals surface area contributed by atoms with E-state index in [0.29, 0.717) is 33.4 Å². The van der Waals surface area contributed by atoms with Gasteiger partial charge in [0.15, 0.2) is 23.1 Å². The van der Waals surface area contributed by atoms with Gasteiger partial charge in [-0.2, -0.15) is 0 Å². The number of ketones is 4. The standard InChI is InChI=1S/2C16H14O2/c2*1-11(8-9-13-6-4-3-5-7-13)15-14(17)10-12(2)16(15)18/h2*3-10H,1-2H3/b9-8+,15-11+;9-8+,15-11-. The maximum Gasteiger partial charge on any atom is 0.193 e. The molecular formula is C32H28O4. The predicted molar refractivity (Wildman–Crippen MR) is 144 cm³/mol. The van der Waals surface area contributed by atoms with E-state index in [1.165, 1.54) is 12.2 Å². The van der Waals surface area contributed by atoms with Gasteiger partial charge in [-0.25, -0.2) is 0 Å². The Bertz CT molecular complexity index is 1280. The van der Waals surface area contributed by atoms with Gasteiger partial charge in [0, 0.05) is 11.1 Å². The minimum atomic E-state index is -0.187. The average Bonchev–Trinajstić information content (AvgIpc) is 3.28. The third kappa shape index (κ3) is 6.36. The van der Waals surface area contributed by atoms with Crippen molar-refractivity contribution in [1.82, 2.24) is 0 Å². The van der Waals surface area contributed by atoms with E-state index in [9.17, 15) is 19.2 Å². The molecule has 2 aliphatic carbocycles. The van der Waals surface area contributed by atoms with Crippen LogP contribution in [0.5, 0.6) is 0 Å². The highest BCUT2D eigenvalue weighted by atomic mass is 16.2. The average molecular weight is 477 g/mol. The Kier molecular flexibility index (Phi) is 8.58. The Balaban J connectivity index is 0.000000201. The van der Waals surface area contributed by atoms with Crippen molar-refractivity contribution in [3.8, 4) is 0 Å². The van der Waals surface area contributed by atoms with Gasteiger partial charge in [0.2, 0.25) is 0 Å². The van der Waals surface area contributed by atoms with Crippen LogP contribution < -0.4 is 0 Å². The van der Waals surface area contributed by atoms with Crippen LogP contribution in [0.15, 0.2) is 118 Å². The molecule has 0 saturated heterocycles. The lowest BCUT2D eigenvalue weighted by Crippen LogP contribution is -2.04. The van der Waals surface area contributed by atoms with Crippen molar-refractivity contribution in [3.05, 3.63) is 130 Å². The quantitative estimate of drug-likeness (QED) is 0.388. The molecule has 4 heteroatoms. The summed E-state index contributed by atoms with van der Waals surface area (Å²) in [6.45, 7) is 6.91. The minimum Gasteiger partial charge on any atom is -0.289 e. The highest BCUT2D eigenvalue weighted by molar-refractivity contribution is 6.36. The summed E-state index contributed by atoms with van der Waals surface area (Å²) in [6.07, 6.45) is 10.2. The largest absolute Gasteiger partial charge is 0.289 e. The van der Waals surface area contributed by atoms with Crippen LogP contribution in [-0.4, -0.2) is 23.1 Å². The first kappa shape index (κ1) is 26.2. The monoisotopic (exact) mass is 476 g/mol. The summed E-state index contributed by atoms with van der Waals surface area (Å²) in [7, 11) is 0. The van der Waals surface area contributed by atoms with Crippen LogP contribution in [0, 0.1) is 0 Å². The van der Waals surface area contributed by atoms with E-state index in [1.807, 2.05) is 85.0 Å². The molecule has 36 heavy (non-hydrogen) atoms. The summed E-state index contributed by atoms with van der Waals surface area (Å²) in [5.41, 5.74) is 5.12. The van der Waals surface area contributed by atoms with Gasteiger partial charge in [-0.05, 0) is 62.1 Å². The van der Waals surface area contributed by atoms with Crippen molar-refractivity contribution >= 4 is 35.3 Å². The molecule has 0 heterocycles. The van der Waals surface area contributed by atoms with Crippen LogP contribution in [-0.2, 0) is 19.2 Å². The highest BCUT2D eigenvalue weighted by Gasteiger charge is 2.27. The fourth-order valence-corrected chi connectivity index (χ4v) is 3.77. The lowest BCUT2D eigenvalue weighted by atomic mass is 10.0.